The Kier molecular flexibility index (Phi) is 6.27. The van der Waals surface area contributed by atoms with E-state index in [2.05, 4.69) is 35.6 Å². The van der Waals surface area contributed by atoms with Crippen LogP contribution in [0.4, 0.5) is 0 Å². The molecule has 2 heteroatoms. The van der Waals surface area contributed by atoms with Gasteiger partial charge in [-0.25, -0.2) is 0 Å². The SMILES string of the molecule is [CH2-]C(I)c1[c-]cccc1.[Y]. The maximum absolute atomic E-state index is 3.86. The van der Waals surface area contributed by atoms with E-state index in [0.29, 0.717) is 3.92 Å². The summed E-state index contributed by atoms with van der Waals surface area (Å²) in [7, 11) is 0. The average molecular weight is 319 g/mol. The zero-order valence-electron chi connectivity index (χ0n) is 5.55. The van der Waals surface area contributed by atoms with Crippen LogP contribution in [0.1, 0.15) is 9.49 Å². The third-order valence-corrected chi connectivity index (χ3v) is 1.74. The van der Waals surface area contributed by atoms with Crippen LogP contribution in [0.25, 0.3) is 0 Å². The number of alkyl halides is 1. The maximum atomic E-state index is 3.86. The summed E-state index contributed by atoms with van der Waals surface area (Å²) in [4.78, 5) is 0. The molecule has 1 unspecified atom stereocenters. The molecule has 0 nitrogen and oxygen atoms in total. The fourth-order valence-corrected chi connectivity index (χ4v) is 0.989. The van der Waals surface area contributed by atoms with Gasteiger partial charge in [0.05, 0.1) is 0 Å². The summed E-state index contributed by atoms with van der Waals surface area (Å²) in [6.45, 7) is 3.86. The minimum absolute atomic E-state index is 0. The van der Waals surface area contributed by atoms with E-state index in [0.717, 1.165) is 5.56 Å². The van der Waals surface area contributed by atoms with Crippen molar-refractivity contribution < 1.29 is 32.7 Å². The zero-order valence-corrected chi connectivity index (χ0v) is 10.5. The molecule has 0 aliphatic heterocycles. The Labute approximate surface area is 101 Å². The van der Waals surface area contributed by atoms with Gasteiger partial charge in [-0.3, -0.25) is 0 Å². The third kappa shape index (κ3) is 3.45. The van der Waals surface area contributed by atoms with Crippen LogP contribution in [0, 0.1) is 13.0 Å². The van der Waals surface area contributed by atoms with Crippen LogP contribution in [0.2, 0.25) is 0 Å². The Balaban J connectivity index is 0.000000810. The molecule has 51 valence electrons. The van der Waals surface area contributed by atoms with Crippen molar-refractivity contribution in [1.29, 1.82) is 0 Å². The molecular weight excluding hydrogens is 312 g/mol. The first-order chi connectivity index (χ1) is 4.30. The van der Waals surface area contributed by atoms with Gasteiger partial charge in [0.2, 0.25) is 0 Å². The largest absolute Gasteiger partial charge is 0.328 e. The number of hydrogen-bond donors (Lipinski definition) is 0. The molecule has 0 spiro atoms. The smallest absolute Gasteiger partial charge is 0 e. The molecular formula is C8H7IY-2. The van der Waals surface area contributed by atoms with Gasteiger partial charge < -0.3 is 6.92 Å². The molecule has 1 aromatic rings. The predicted octanol–water partition coefficient (Wildman–Crippen LogP) is 2.79. The van der Waals surface area contributed by atoms with Crippen molar-refractivity contribution in [2.24, 2.45) is 0 Å². The average Bonchev–Trinajstić information content (AvgIpc) is 1.90. The van der Waals surface area contributed by atoms with Gasteiger partial charge in [0.1, 0.15) is 0 Å². The van der Waals surface area contributed by atoms with Crippen LogP contribution >= 0.6 is 22.6 Å². The number of benzene rings is 1. The van der Waals surface area contributed by atoms with E-state index < -0.39 is 0 Å². The molecule has 0 amide bonds. The first-order valence-electron chi connectivity index (χ1n) is 2.74. The molecule has 0 saturated carbocycles. The minimum atomic E-state index is 0. The van der Waals surface area contributed by atoms with Gasteiger partial charge >= 0.3 is 0 Å². The van der Waals surface area contributed by atoms with E-state index in [1.54, 1.807) is 0 Å². The molecule has 1 atom stereocenters. The van der Waals surface area contributed by atoms with Crippen LogP contribution in [0.5, 0.6) is 0 Å². The van der Waals surface area contributed by atoms with Gasteiger partial charge in [-0.05, 0) is 0 Å². The molecule has 10 heavy (non-hydrogen) atoms. The minimum Gasteiger partial charge on any atom is -0.328 e. The van der Waals surface area contributed by atoms with Gasteiger partial charge in [-0.2, -0.15) is 35.9 Å². The van der Waals surface area contributed by atoms with E-state index in [-0.39, 0.29) is 32.7 Å². The van der Waals surface area contributed by atoms with E-state index in [4.69, 9.17) is 0 Å². The molecule has 0 aliphatic rings. The zero-order chi connectivity index (χ0) is 6.69. The quantitative estimate of drug-likeness (QED) is 0.424. The molecule has 1 aromatic carbocycles. The van der Waals surface area contributed by atoms with Crippen molar-refractivity contribution in [1.82, 2.24) is 0 Å². The van der Waals surface area contributed by atoms with Gasteiger partial charge in [-0.1, -0.05) is 0 Å². The van der Waals surface area contributed by atoms with E-state index >= 15 is 0 Å². The second-order valence-electron chi connectivity index (χ2n) is 1.79. The summed E-state index contributed by atoms with van der Waals surface area (Å²) in [5, 5.41) is 0. The van der Waals surface area contributed by atoms with E-state index in [9.17, 15) is 0 Å². The van der Waals surface area contributed by atoms with Crippen LogP contribution < -0.4 is 0 Å². The summed E-state index contributed by atoms with van der Waals surface area (Å²) >= 11 is 2.27. The molecule has 1 radical (unpaired) electrons. The van der Waals surface area contributed by atoms with Gasteiger partial charge in [-0.15, -0.1) is 26.5 Å². The number of halogens is 1. The topological polar surface area (TPSA) is 0 Å². The Hall–Kier alpha value is 1.05. The third-order valence-electron chi connectivity index (χ3n) is 1.07. The van der Waals surface area contributed by atoms with Crippen LogP contribution in [-0.2, 0) is 32.7 Å². The monoisotopic (exact) mass is 319 g/mol. The second kappa shape index (κ2) is 5.67. The summed E-state index contributed by atoms with van der Waals surface area (Å²) in [6, 6.07) is 11.0. The Bertz CT molecular complexity index is 172. The fourth-order valence-electron chi connectivity index (χ4n) is 0.602. The second-order valence-corrected chi connectivity index (χ2v) is 3.29. The normalized spacial score (nSPS) is 11.8. The Morgan fingerprint density at radius 1 is 1.50 bits per heavy atom. The van der Waals surface area contributed by atoms with Gasteiger partial charge in [0.25, 0.3) is 0 Å². The molecule has 0 bridgehead atoms. The van der Waals surface area contributed by atoms with E-state index in [1.165, 1.54) is 0 Å². The van der Waals surface area contributed by atoms with Crippen LogP contribution in [0.3, 0.4) is 0 Å². The molecule has 0 saturated heterocycles. The fraction of sp³-hybridized carbons (Fsp3) is 0.125. The van der Waals surface area contributed by atoms with Gasteiger partial charge in [0, 0.05) is 32.7 Å². The van der Waals surface area contributed by atoms with Crippen molar-refractivity contribution in [2.45, 2.75) is 3.92 Å². The van der Waals surface area contributed by atoms with E-state index in [1.807, 2.05) is 24.3 Å². The molecule has 0 N–H and O–H groups in total. The molecule has 0 fully saturated rings. The number of hydrogen-bond acceptors (Lipinski definition) is 0. The molecule has 0 aromatic heterocycles. The van der Waals surface area contributed by atoms with Crippen molar-refractivity contribution in [3.8, 4) is 0 Å². The summed E-state index contributed by atoms with van der Waals surface area (Å²) in [5.41, 5.74) is 1.16. The molecule has 0 heterocycles. The maximum Gasteiger partial charge on any atom is 0 e. The molecule has 0 aliphatic carbocycles. The Morgan fingerprint density at radius 2 is 2.20 bits per heavy atom. The van der Waals surface area contributed by atoms with Crippen molar-refractivity contribution >= 4 is 22.6 Å². The first kappa shape index (κ1) is 11.1. The summed E-state index contributed by atoms with van der Waals surface area (Å²) < 4.78 is 0.323. The van der Waals surface area contributed by atoms with Crippen molar-refractivity contribution in [2.75, 3.05) is 0 Å². The predicted molar refractivity (Wildman–Crippen MR) is 47.4 cm³/mol. The van der Waals surface area contributed by atoms with Crippen molar-refractivity contribution in [3.05, 3.63) is 42.8 Å². The Morgan fingerprint density at radius 3 is 2.50 bits per heavy atom. The standard InChI is InChI=1S/C8H7I.Y/c1-7(9)8-5-3-2-4-6-8;/h2-5,7H,1H2;/q-2;. The summed E-state index contributed by atoms with van der Waals surface area (Å²) in [5.74, 6) is 0. The first-order valence-corrected chi connectivity index (χ1v) is 3.99. The van der Waals surface area contributed by atoms with Crippen LogP contribution in [-0.4, -0.2) is 0 Å². The van der Waals surface area contributed by atoms with Gasteiger partial charge in [0.15, 0.2) is 0 Å². The summed E-state index contributed by atoms with van der Waals surface area (Å²) in [6.07, 6.45) is 0. The van der Waals surface area contributed by atoms with Crippen molar-refractivity contribution in [3.63, 3.8) is 0 Å². The molecule has 1 rings (SSSR count). The number of rotatable bonds is 1. The van der Waals surface area contributed by atoms with Crippen LogP contribution in [0.15, 0.2) is 24.3 Å².